The van der Waals surface area contributed by atoms with E-state index in [0.29, 0.717) is 12.6 Å². The van der Waals surface area contributed by atoms with Crippen LogP contribution >= 0.6 is 11.8 Å². The molecule has 1 aliphatic heterocycles. The number of hydrogen-bond acceptors (Lipinski definition) is 4. The second-order valence-corrected chi connectivity index (χ2v) is 4.56. The molecule has 0 aromatic rings. The van der Waals surface area contributed by atoms with E-state index in [-0.39, 0.29) is 6.10 Å². The average Bonchev–Trinajstić information content (AvgIpc) is 2.69. The van der Waals surface area contributed by atoms with Crippen LogP contribution in [-0.2, 0) is 9.47 Å². The van der Waals surface area contributed by atoms with Crippen molar-refractivity contribution in [3.05, 3.63) is 0 Å². The smallest absolute Gasteiger partial charge is 0.0787 e. The zero-order chi connectivity index (χ0) is 10.2. The van der Waals surface area contributed by atoms with Crippen molar-refractivity contribution >= 4 is 11.8 Å². The quantitative estimate of drug-likeness (QED) is 0.700. The molecule has 1 heterocycles. The predicted molar refractivity (Wildman–Crippen MR) is 60.8 cm³/mol. The van der Waals surface area contributed by atoms with Gasteiger partial charge in [-0.2, -0.15) is 11.8 Å². The molecule has 2 unspecified atom stereocenters. The fourth-order valence-electron chi connectivity index (χ4n) is 1.53. The zero-order valence-electron chi connectivity index (χ0n) is 8.91. The molecule has 0 aliphatic carbocycles. The van der Waals surface area contributed by atoms with Crippen molar-refractivity contribution in [2.45, 2.75) is 32.0 Å². The van der Waals surface area contributed by atoms with E-state index >= 15 is 0 Å². The molecular formula is C10H21NO2S. The monoisotopic (exact) mass is 219 g/mol. The molecule has 0 amide bonds. The molecular weight excluding hydrogens is 198 g/mol. The van der Waals surface area contributed by atoms with Crippen LogP contribution in [0.2, 0.25) is 0 Å². The number of nitrogens with two attached hydrogens (primary N) is 1. The SMILES string of the molecule is CCOC(CN)CSCC1CCCO1. The normalized spacial score (nSPS) is 24.0. The third-order valence-electron chi connectivity index (χ3n) is 2.30. The fourth-order valence-corrected chi connectivity index (χ4v) is 2.68. The Bertz CT molecular complexity index is 140. The lowest BCUT2D eigenvalue weighted by Gasteiger charge is -2.15. The Hall–Kier alpha value is 0.230. The minimum absolute atomic E-state index is 0.214. The van der Waals surface area contributed by atoms with Gasteiger partial charge < -0.3 is 15.2 Å². The molecule has 0 bridgehead atoms. The molecule has 2 N–H and O–H groups in total. The van der Waals surface area contributed by atoms with Gasteiger partial charge in [0.25, 0.3) is 0 Å². The van der Waals surface area contributed by atoms with Crippen molar-refractivity contribution < 1.29 is 9.47 Å². The topological polar surface area (TPSA) is 44.5 Å². The maximum Gasteiger partial charge on any atom is 0.0787 e. The Labute approximate surface area is 90.7 Å². The summed E-state index contributed by atoms with van der Waals surface area (Å²) in [5.41, 5.74) is 5.58. The summed E-state index contributed by atoms with van der Waals surface area (Å²) in [4.78, 5) is 0. The molecule has 4 heteroatoms. The predicted octanol–water partition coefficient (Wildman–Crippen LogP) is 1.26. The highest BCUT2D eigenvalue weighted by Crippen LogP contribution is 2.17. The molecule has 84 valence electrons. The Morgan fingerprint density at radius 1 is 1.64 bits per heavy atom. The lowest BCUT2D eigenvalue weighted by molar-refractivity contribution is 0.0856. The number of hydrogen-bond donors (Lipinski definition) is 1. The van der Waals surface area contributed by atoms with E-state index in [1.807, 2.05) is 18.7 Å². The van der Waals surface area contributed by atoms with Gasteiger partial charge in [-0.05, 0) is 19.8 Å². The van der Waals surface area contributed by atoms with Gasteiger partial charge in [0.15, 0.2) is 0 Å². The standard InChI is InChI=1S/C10H21NO2S/c1-2-12-10(6-11)8-14-7-9-4-3-5-13-9/h9-10H,2-8,11H2,1H3. The van der Waals surface area contributed by atoms with Crippen LogP contribution in [0.15, 0.2) is 0 Å². The van der Waals surface area contributed by atoms with E-state index in [1.165, 1.54) is 12.8 Å². The van der Waals surface area contributed by atoms with E-state index in [2.05, 4.69) is 0 Å². The zero-order valence-corrected chi connectivity index (χ0v) is 9.72. The van der Waals surface area contributed by atoms with Crippen LogP contribution < -0.4 is 5.73 Å². The average molecular weight is 219 g/mol. The molecule has 0 spiro atoms. The van der Waals surface area contributed by atoms with E-state index in [4.69, 9.17) is 15.2 Å². The minimum Gasteiger partial charge on any atom is -0.377 e. The van der Waals surface area contributed by atoms with Crippen molar-refractivity contribution in [1.82, 2.24) is 0 Å². The molecule has 0 aromatic heterocycles. The third kappa shape index (κ3) is 4.64. The molecule has 1 saturated heterocycles. The van der Waals surface area contributed by atoms with Gasteiger partial charge in [-0.1, -0.05) is 0 Å². The van der Waals surface area contributed by atoms with Crippen LogP contribution in [0.3, 0.4) is 0 Å². The summed E-state index contributed by atoms with van der Waals surface area (Å²) in [5.74, 6) is 2.08. The van der Waals surface area contributed by atoms with Crippen LogP contribution in [0.25, 0.3) is 0 Å². The summed E-state index contributed by atoms with van der Waals surface area (Å²) in [6, 6.07) is 0. The lowest BCUT2D eigenvalue weighted by Crippen LogP contribution is -2.26. The van der Waals surface area contributed by atoms with Gasteiger partial charge >= 0.3 is 0 Å². The first-order chi connectivity index (χ1) is 6.86. The summed E-state index contributed by atoms with van der Waals surface area (Å²) < 4.78 is 11.0. The largest absolute Gasteiger partial charge is 0.377 e. The van der Waals surface area contributed by atoms with E-state index in [1.54, 1.807) is 0 Å². The van der Waals surface area contributed by atoms with Gasteiger partial charge in [0.1, 0.15) is 0 Å². The molecule has 1 rings (SSSR count). The highest BCUT2D eigenvalue weighted by molar-refractivity contribution is 7.99. The fraction of sp³-hybridized carbons (Fsp3) is 1.00. The van der Waals surface area contributed by atoms with Crippen LogP contribution in [-0.4, -0.2) is 43.5 Å². The third-order valence-corrected chi connectivity index (χ3v) is 3.51. The van der Waals surface area contributed by atoms with Crippen molar-refractivity contribution in [2.24, 2.45) is 5.73 Å². The van der Waals surface area contributed by atoms with Crippen molar-refractivity contribution in [3.63, 3.8) is 0 Å². The Balaban J connectivity index is 2.00. The maximum atomic E-state index is 5.58. The summed E-state index contributed by atoms with van der Waals surface area (Å²) in [6.07, 6.45) is 3.12. The van der Waals surface area contributed by atoms with Crippen LogP contribution in [0, 0.1) is 0 Å². The van der Waals surface area contributed by atoms with E-state index in [9.17, 15) is 0 Å². The first-order valence-corrected chi connectivity index (χ1v) is 6.53. The Morgan fingerprint density at radius 2 is 2.50 bits per heavy atom. The number of thioether (sulfide) groups is 1. The molecule has 1 aliphatic rings. The number of ether oxygens (including phenoxy) is 2. The second-order valence-electron chi connectivity index (χ2n) is 3.49. The minimum atomic E-state index is 0.214. The van der Waals surface area contributed by atoms with Crippen molar-refractivity contribution in [3.8, 4) is 0 Å². The molecule has 14 heavy (non-hydrogen) atoms. The molecule has 2 atom stereocenters. The van der Waals surface area contributed by atoms with Gasteiger partial charge in [-0.25, -0.2) is 0 Å². The summed E-state index contributed by atoms with van der Waals surface area (Å²) in [6.45, 7) is 4.32. The molecule has 0 saturated carbocycles. The van der Waals surface area contributed by atoms with Gasteiger partial charge in [-0.15, -0.1) is 0 Å². The summed E-state index contributed by atoms with van der Waals surface area (Å²) in [5, 5.41) is 0. The number of rotatable bonds is 7. The lowest BCUT2D eigenvalue weighted by atomic mass is 10.3. The Morgan fingerprint density at radius 3 is 3.07 bits per heavy atom. The van der Waals surface area contributed by atoms with E-state index < -0.39 is 0 Å². The van der Waals surface area contributed by atoms with Crippen molar-refractivity contribution in [2.75, 3.05) is 31.3 Å². The van der Waals surface area contributed by atoms with Gasteiger partial charge in [-0.3, -0.25) is 0 Å². The first kappa shape index (κ1) is 12.3. The Kier molecular flexibility index (Phi) is 6.60. The summed E-state index contributed by atoms with van der Waals surface area (Å²) in [7, 11) is 0. The molecule has 3 nitrogen and oxygen atoms in total. The molecule has 0 aromatic carbocycles. The maximum absolute atomic E-state index is 5.58. The second kappa shape index (κ2) is 7.51. The van der Waals surface area contributed by atoms with Gasteiger partial charge in [0.05, 0.1) is 12.2 Å². The van der Waals surface area contributed by atoms with Crippen LogP contribution in [0.4, 0.5) is 0 Å². The van der Waals surface area contributed by atoms with Gasteiger partial charge in [0, 0.05) is 31.3 Å². The summed E-state index contributed by atoms with van der Waals surface area (Å²) >= 11 is 1.89. The highest BCUT2D eigenvalue weighted by Gasteiger charge is 2.16. The van der Waals surface area contributed by atoms with Crippen LogP contribution in [0.1, 0.15) is 19.8 Å². The van der Waals surface area contributed by atoms with Gasteiger partial charge in [0.2, 0.25) is 0 Å². The molecule has 1 fully saturated rings. The van der Waals surface area contributed by atoms with Crippen LogP contribution in [0.5, 0.6) is 0 Å². The molecule has 0 radical (unpaired) electrons. The van der Waals surface area contributed by atoms with Crippen molar-refractivity contribution in [1.29, 1.82) is 0 Å². The first-order valence-electron chi connectivity index (χ1n) is 5.37. The van der Waals surface area contributed by atoms with E-state index in [0.717, 1.165) is 24.7 Å². The highest BCUT2D eigenvalue weighted by atomic mass is 32.2.